The summed E-state index contributed by atoms with van der Waals surface area (Å²) >= 11 is 6.03. The highest BCUT2D eigenvalue weighted by molar-refractivity contribution is 6.30. The molecule has 32 heavy (non-hydrogen) atoms. The summed E-state index contributed by atoms with van der Waals surface area (Å²) in [6.07, 6.45) is 5.27. The molecule has 172 valence electrons. The monoisotopic (exact) mass is 455 g/mol. The predicted octanol–water partition coefficient (Wildman–Crippen LogP) is 4.97. The highest BCUT2D eigenvalue weighted by atomic mass is 35.5. The molecule has 1 fully saturated rings. The summed E-state index contributed by atoms with van der Waals surface area (Å²) in [6.45, 7) is 2.00. The average molecular weight is 456 g/mol. The van der Waals surface area contributed by atoms with Gasteiger partial charge in [0.05, 0.1) is 0 Å². The van der Waals surface area contributed by atoms with Crippen LogP contribution in [0.1, 0.15) is 49.7 Å². The second-order valence-corrected chi connectivity index (χ2v) is 9.61. The lowest BCUT2D eigenvalue weighted by Gasteiger charge is -2.45. The number of nitrogens with zero attached hydrogens (tertiary/aromatic N) is 1. The molecule has 2 aromatic carbocycles. The Hall–Kier alpha value is -2.37. The first-order chi connectivity index (χ1) is 15.3. The Bertz CT molecular complexity index is 902. The molecule has 0 aromatic heterocycles. The Morgan fingerprint density at radius 3 is 2.16 bits per heavy atom. The number of halogens is 1. The van der Waals surface area contributed by atoms with E-state index in [9.17, 15) is 9.59 Å². The third kappa shape index (κ3) is 6.81. The van der Waals surface area contributed by atoms with E-state index in [1.165, 1.54) is 5.56 Å². The van der Waals surface area contributed by atoms with Crippen LogP contribution in [0.5, 0.6) is 0 Å². The van der Waals surface area contributed by atoms with E-state index in [1.807, 2.05) is 43.3 Å². The van der Waals surface area contributed by atoms with Crippen molar-refractivity contribution in [3.05, 3.63) is 64.7 Å². The minimum Gasteiger partial charge on any atom is -0.353 e. The molecule has 0 aliphatic heterocycles. The molecule has 0 heterocycles. The van der Waals surface area contributed by atoms with Crippen LogP contribution in [0.2, 0.25) is 5.02 Å². The smallest absolute Gasteiger partial charge is 0.224 e. The molecule has 0 saturated heterocycles. The van der Waals surface area contributed by atoms with Gasteiger partial charge in [-0.1, -0.05) is 41.4 Å². The van der Waals surface area contributed by atoms with Crippen LogP contribution in [-0.4, -0.2) is 42.4 Å². The number of carbonyl (C=O) groups is 2. The van der Waals surface area contributed by atoms with Crippen molar-refractivity contribution < 1.29 is 9.59 Å². The molecule has 0 atom stereocenters. The largest absolute Gasteiger partial charge is 0.353 e. The number of anilines is 1. The fraction of sp³-hybridized carbons (Fsp3) is 0.462. The highest BCUT2D eigenvalue weighted by Crippen LogP contribution is 2.35. The van der Waals surface area contributed by atoms with Gasteiger partial charge in [0.15, 0.2) is 0 Å². The van der Waals surface area contributed by atoms with Gasteiger partial charge in [-0.3, -0.25) is 9.59 Å². The summed E-state index contributed by atoms with van der Waals surface area (Å²) in [4.78, 5) is 26.9. The Labute approximate surface area is 196 Å². The van der Waals surface area contributed by atoms with Crippen molar-refractivity contribution in [3.8, 4) is 0 Å². The molecule has 0 unspecified atom stereocenters. The Morgan fingerprint density at radius 1 is 0.969 bits per heavy atom. The van der Waals surface area contributed by atoms with Gasteiger partial charge >= 0.3 is 0 Å². The second kappa shape index (κ2) is 11.0. The lowest BCUT2D eigenvalue weighted by molar-refractivity contribution is -0.125. The molecular formula is C26H34ClN3O2. The van der Waals surface area contributed by atoms with E-state index in [4.69, 9.17) is 11.6 Å². The molecular weight excluding hydrogens is 422 g/mol. The van der Waals surface area contributed by atoms with Crippen LogP contribution in [0.4, 0.5) is 5.69 Å². The molecule has 2 aromatic rings. The van der Waals surface area contributed by atoms with Crippen LogP contribution in [0, 0.1) is 6.92 Å². The van der Waals surface area contributed by atoms with E-state index in [0.717, 1.165) is 48.4 Å². The average Bonchev–Trinajstić information content (AvgIpc) is 2.77. The van der Waals surface area contributed by atoms with Crippen molar-refractivity contribution >= 4 is 29.1 Å². The third-order valence-corrected chi connectivity index (χ3v) is 6.84. The van der Waals surface area contributed by atoms with Gasteiger partial charge in [-0.2, -0.15) is 0 Å². The molecule has 2 N–H and O–H groups in total. The summed E-state index contributed by atoms with van der Waals surface area (Å²) in [5, 5.41) is 6.74. The summed E-state index contributed by atoms with van der Waals surface area (Å²) in [6, 6.07) is 15.9. The topological polar surface area (TPSA) is 61.4 Å². The summed E-state index contributed by atoms with van der Waals surface area (Å²) in [5.41, 5.74) is 3.27. The van der Waals surface area contributed by atoms with Gasteiger partial charge in [-0.25, -0.2) is 0 Å². The normalized spacial score (nSPS) is 20.7. The summed E-state index contributed by atoms with van der Waals surface area (Å²) < 4.78 is 0. The van der Waals surface area contributed by atoms with Crippen molar-refractivity contribution in [2.45, 2.75) is 63.5 Å². The minimum atomic E-state index is -0.137. The van der Waals surface area contributed by atoms with Gasteiger partial charge in [-0.05, 0) is 83.0 Å². The third-order valence-electron chi connectivity index (χ3n) is 6.59. The van der Waals surface area contributed by atoms with Gasteiger partial charge < -0.3 is 15.5 Å². The lowest BCUT2D eigenvalue weighted by Crippen LogP contribution is -2.52. The number of carbonyl (C=O) groups excluding carboxylic acids is 2. The molecule has 1 aliphatic rings. The summed E-state index contributed by atoms with van der Waals surface area (Å²) in [5.74, 6) is -0.189. The number of aryl methyl sites for hydroxylation is 1. The van der Waals surface area contributed by atoms with Gasteiger partial charge in [0.2, 0.25) is 11.8 Å². The van der Waals surface area contributed by atoms with Crippen molar-refractivity contribution in [1.82, 2.24) is 10.2 Å². The molecule has 0 radical (unpaired) electrons. The molecule has 2 amide bonds. The van der Waals surface area contributed by atoms with Crippen LogP contribution < -0.4 is 10.6 Å². The maximum absolute atomic E-state index is 12.4. The van der Waals surface area contributed by atoms with E-state index in [-0.39, 0.29) is 36.2 Å². The van der Waals surface area contributed by atoms with Gasteiger partial charge in [0.1, 0.15) is 0 Å². The van der Waals surface area contributed by atoms with Crippen LogP contribution >= 0.6 is 11.6 Å². The fourth-order valence-electron chi connectivity index (χ4n) is 4.45. The maximum Gasteiger partial charge on any atom is 0.224 e. The molecule has 5 nitrogen and oxygen atoms in total. The van der Waals surface area contributed by atoms with Gasteiger partial charge in [-0.15, -0.1) is 0 Å². The number of amides is 2. The van der Waals surface area contributed by atoms with Crippen LogP contribution in [0.25, 0.3) is 0 Å². The summed E-state index contributed by atoms with van der Waals surface area (Å²) in [7, 11) is 4.28. The van der Waals surface area contributed by atoms with Gasteiger partial charge in [0.25, 0.3) is 0 Å². The number of rotatable bonds is 8. The van der Waals surface area contributed by atoms with Crippen molar-refractivity contribution in [2.24, 2.45) is 0 Å². The van der Waals surface area contributed by atoms with E-state index < -0.39 is 0 Å². The quantitative estimate of drug-likeness (QED) is 0.590. The fourth-order valence-corrected chi connectivity index (χ4v) is 4.58. The standard InChI is InChI=1S/C26H34ClN3O2/c1-19-4-10-22(11-5-19)28-24(31)12-13-25(32)29-23-14-16-26(17-15-23,30(2)3)18-20-6-8-21(27)9-7-20/h4-11,23H,12-18H2,1-3H3,(H,28,31)(H,29,32). The molecule has 1 saturated carbocycles. The maximum atomic E-state index is 12.4. The molecule has 3 rings (SSSR count). The number of hydrogen-bond acceptors (Lipinski definition) is 3. The Morgan fingerprint density at radius 2 is 1.56 bits per heavy atom. The van der Waals surface area contributed by atoms with Crippen molar-refractivity contribution in [2.75, 3.05) is 19.4 Å². The zero-order chi connectivity index (χ0) is 23.1. The van der Waals surface area contributed by atoms with Crippen LogP contribution in [0.3, 0.4) is 0 Å². The molecule has 0 spiro atoms. The van der Waals surface area contributed by atoms with E-state index in [1.54, 1.807) is 0 Å². The first-order valence-corrected chi connectivity index (χ1v) is 11.7. The number of benzene rings is 2. The van der Waals surface area contributed by atoms with Gasteiger partial charge in [0, 0.05) is 35.1 Å². The van der Waals surface area contributed by atoms with Crippen molar-refractivity contribution in [3.63, 3.8) is 0 Å². The first kappa shape index (κ1) is 24.3. The van der Waals surface area contributed by atoms with Crippen LogP contribution in [-0.2, 0) is 16.0 Å². The zero-order valence-electron chi connectivity index (χ0n) is 19.3. The van der Waals surface area contributed by atoms with Crippen molar-refractivity contribution in [1.29, 1.82) is 0 Å². The van der Waals surface area contributed by atoms with Crippen LogP contribution in [0.15, 0.2) is 48.5 Å². The predicted molar refractivity (Wildman–Crippen MR) is 131 cm³/mol. The number of nitrogens with one attached hydrogen (secondary N) is 2. The Kier molecular flexibility index (Phi) is 8.32. The first-order valence-electron chi connectivity index (χ1n) is 11.3. The lowest BCUT2D eigenvalue weighted by atomic mass is 9.75. The number of likely N-dealkylation sites (N-methyl/N-ethyl adjacent to an activating group) is 1. The SMILES string of the molecule is Cc1ccc(NC(=O)CCC(=O)NC2CCC(Cc3ccc(Cl)cc3)(N(C)C)CC2)cc1. The van der Waals surface area contributed by atoms with E-state index in [0.29, 0.717) is 0 Å². The minimum absolute atomic E-state index is 0.0517. The Balaban J connectivity index is 1.44. The second-order valence-electron chi connectivity index (χ2n) is 9.18. The highest BCUT2D eigenvalue weighted by Gasteiger charge is 2.37. The van der Waals surface area contributed by atoms with E-state index in [2.05, 4.69) is 41.8 Å². The molecule has 0 bridgehead atoms. The zero-order valence-corrected chi connectivity index (χ0v) is 20.0. The van der Waals surface area contributed by atoms with E-state index >= 15 is 0 Å². The number of hydrogen-bond donors (Lipinski definition) is 2. The molecule has 1 aliphatic carbocycles. The molecule has 6 heteroatoms.